The van der Waals surface area contributed by atoms with Gasteiger partial charge in [-0.3, -0.25) is 15.0 Å². The molecule has 5 heteroatoms. The van der Waals surface area contributed by atoms with E-state index in [-0.39, 0.29) is 16.7 Å². The second-order valence-electron chi connectivity index (χ2n) is 6.34. The molecule has 0 saturated carbocycles. The fourth-order valence-corrected chi connectivity index (χ4v) is 3.62. The maximum atomic E-state index is 11.0. The lowest BCUT2D eigenvalue weighted by atomic mass is 9.99. The summed E-state index contributed by atoms with van der Waals surface area (Å²) in [5.41, 5.74) is 3.62. The molecule has 126 valence electrons. The minimum absolute atomic E-state index is 0.147. The van der Waals surface area contributed by atoms with Crippen LogP contribution in [0.1, 0.15) is 22.9 Å². The first-order valence-electron chi connectivity index (χ1n) is 8.40. The van der Waals surface area contributed by atoms with Gasteiger partial charge in [0.1, 0.15) is 0 Å². The molecule has 0 saturated heterocycles. The molecule has 0 aliphatic carbocycles. The van der Waals surface area contributed by atoms with Crippen molar-refractivity contribution in [3.05, 3.63) is 99.9 Å². The Kier molecular flexibility index (Phi) is 4.07. The molecule has 0 N–H and O–H groups in total. The molecule has 0 bridgehead atoms. The fourth-order valence-electron chi connectivity index (χ4n) is 3.62. The normalized spacial score (nSPS) is 17.2. The van der Waals surface area contributed by atoms with Gasteiger partial charge in [0.25, 0.3) is 5.69 Å². The number of benzene rings is 2. The minimum atomic E-state index is -0.334. The van der Waals surface area contributed by atoms with Crippen LogP contribution in [0.25, 0.3) is 0 Å². The van der Waals surface area contributed by atoms with Gasteiger partial charge in [0, 0.05) is 43.7 Å². The molecule has 4 rings (SSSR count). The Labute approximate surface area is 146 Å². The van der Waals surface area contributed by atoms with Crippen molar-refractivity contribution < 1.29 is 4.92 Å². The van der Waals surface area contributed by atoms with E-state index in [0.29, 0.717) is 6.54 Å². The lowest BCUT2D eigenvalue weighted by molar-refractivity contribution is -0.384. The molecule has 0 radical (unpaired) electrons. The predicted octanol–water partition coefficient (Wildman–Crippen LogP) is 4.00. The standard InChI is InChI=1S/C20H19N3O2/c24-23(25)18-9-4-6-16(14-18)15-22-13-12-21-11-5-10-19(21)20(22)17-7-2-1-3-8-17/h1-11,14,20H,12-13,15H2. The number of rotatable bonds is 4. The van der Waals surface area contributed by atoms with Crippen molar-refractivity contribution in [2.75, 3.05) is 6.54 Å². The highest BCUT2D eigenvalue weighted by molar-refractivity contribution is 5.35. The number of aromatic nitrogens is 1. The van der Waals surface area contributed by atoms with Gasteiger partial charge in [-0.15, -0.1) is 0 Å². The third-order valence-electron chi connectivity index (χ3n) is 4.76. The second kappa shape index (κ2) is 6.53. The van der Waals surface area contributed by atoms with Gasteiger partial charge < -0.3 is 4.57 Å². The van der Waals surface area contributed by atoms with Crippen molar-refractivity contribution in [2.45, 2.75) is 19.1 Å². The number of fused-ring (bicyclic) bond motifs is 1. The first kappa shape index (κ1) is 15.6. The van der Waals surface area contributed by atoms with E-state index in [4.69, 9.17) is 0 Å². The molecule has 5 nitrogen and oxygen atoms in total. The van der Waals surface area contributed by atoms with E-state index in [0.717, 1.165) is 18.7 Å². The molecule has 2 heterocycles. The van der Waals surface area contributed by atoms with Crippen molar-refractivity contribution in [1.82, 2.24) is 9.47 Å². The van der Waals surface area contributed by atoms with Gasteiger partial charge in [-0.05, 0) is 23.3 Å². The van der Waals surface area contributed by atoms with E-state index in [1.165, 1.54) is 11.3 Å². The lowest BCUT2D eigenvalue weighted by Crippen LogP contribution is -2.37. The maximum absolute atomic E-state index is 11.0. The average molecular weight is 333 g/mol. The highest BCUT2D eigenvalue weighted by Gasteiger charge is 2.28. The quantitative estimate of drug-likeness (QED) is 0.535. The summed E-state index contributed by atoms with van der Waals surface area (Å²) in [5, 5.41) is 11.0. The van der Waals surface area contributed by atoms with Crippen LogP contribution >= 0.6 is 0 Å². The Balaban J connectivity index is 1.68. The summed E-state index contributed by atoms with van der Waals surface area (Å²) in [6.45, 7) is 2.52. The van der Waals surface area contributed by atoms with Gasteiger partial charge in [-0.1, -0.05) is 42.5 Å². The number of nitrogens with zero attached hydrogens (tertiary/aromatic N) is 3. The third-order valence-corrected chi connectivity index (χ3v) is 4.76. The molecule has 1 unspecified atom stereocenters. The predicted molar refractivity (Wildman–Crippen MR) is 96.2 cm³/mol. The summed E-state index contributed by atoms with van der Waals surface area (Å²) < 4.78 is 2.29. The van der Waals surface area contributed by atoms with Crippen LogP contribution in [0.3, 0.4) is 0 Å². The maximum Gasteiger partial charge on any atom is 0.269 e. The van der Waals surface area contributed by atoms with Crippen LogP contribution in [0.15, 0.2) is 72.9 Å². The Bertz CT molecular complexity index is 889. The van der Waals surface area contributed by atoms with Crippen LogP contribution in [-0.4, -0.2) is 20.9 Å². The zero-order valence-corrected chi connectivity index (χ0v) is 13.8. The van der Waals surface area contributed by atoms with Crippen LogP contribution in [0.2, 0.25) is 0 Å². The van der Waals surface area contributed by atoms with Crippen molar-refractivity contribution >= 4 is 5.69 Å². The van der Waals surface area contributed by atoms with Crippen LogP contribution < -0.4 is 0 Å². The Morgan fingerprint density at radius 3 is 2.64 bits per heavy atom. The zero-order chi connectivity index (χ0) is 17.2. The molecule has 1 aromatic heterocycles. The molecule has 0 spiro atoms. The van der Waals surface area contributed by atoms with Crippen molar-refractivity contribution in [2.24, 2.45) is 0 Å². The van der Waals surface area contributed by atoms with Crippen molar-refractivity contribution in [1.29, 1.82) is 0 Å². The topological polar surface area (TPSA) is 51.3 Å². The first-order valence-corrected chi connectivity index (χ1v) is 8.40. The Hall–Kier alpha value is -2.92. The van der Waals surface area contributed by atoms with Crippen molar-refractivity contribution in [3.63, 3.8) is 0 Å². The molecule has 0 amide bonds. The highest BCUT2D eigenvalue weighted by atomic mass is 16.6. The highest BCUT2D eigenvalue weighted by Crippen LogP contribution is 2.33. The van der Waals surface area contributed by atoms with Crippen LogP contribution in [0, 0.1) is 10.1 Å². The SMILES string of the molecule is O=[N+]([O-])c1cccc(CN2CCn3cccc3C2c2ccccc2)c1. The molecule has 3 aromatic rings. The largest absolute Gasteiger partial charge is 0.348 e. The number of non-ortho nitro benzene ring substituents is 1. The molecular formula is C20H19N3O2. The summed E-state index contributed by atoms with van der Waals surface area (Å²) in [4.78, 5) is 13.1. The average Bonchev–Trinajstić information content (AvgIpc) is 3.11. The van der Waals surface area contributed by atoms with Gasteiger partial charge in [-0.25, -0.2) is 0 Å². The van der Waals surface area contributed by atoms with E-state index in [2.05, 4.69) is 52.1 Å². The second-order valence-corrected chi connectivity index (χ2v) is 6.34. The van der Waals surface area contributed by atoms with E-state index >= 15 is 0 Å². The minimum Gasteiger partial charge on any atom is -0.348 e. The Morgan fingerprint density at radius 2 is 1.84 bits per heavy atom. The summed E-state index contributed by atoms with van der Waals surface area (Å²) in [7, 11) is 0. The molecule has 25 heavy (non-hydrogen) atoms. The molecule has 1 aliphatic heterocycles. The smallest absolute Gasteiger partial charge is 0.269 e. The number of nitro groups is 1. The van der Waals surface area contributed by atoms with Crippen LogP contribution in [0.5, 0.6) is 0 Å². The van der Waals surface area contributed by atoms with Crippen LogP contribution in [0.4, 0.5) is 5.69 Å². The number of nitro benzene ring substituents is 1. The number of hydrogen-bond donors (Lipinski definition) is 0. The molecule has 1 atom stereocenters. The fraction of sp³-hybridized carbons (Fsp3) is 0.200. The molecule has 2 aromatic carbocycles. The van der Waals surface area contributed by atoms with Crippen molar-refractivity contribution in [3.8, 4) is 0 Å². The molecule has 0 fully saturated rings. The zero-order valence-electron chi connectivity index (χ0n) is 13.8. The molecular weight excluding hydrogens is 314 g/mol. The number of hydrogen-bond acceptors (Lipinski definition) is 3. The van der Waals surface area contributed by atoms with Gasteiger partial charge in [-0.2, -0.15) is 0 Å². The van der Waals surface area contributed by atoms with Gasteiger partial charge in [0.15, 0.2) is 0 Å². The van der Waals surface area contributed by atoms with Gasteiger partial charge >= 0.3 is 0 Å². The summed E-state index contributed by atoms with van der Waals surface area (Å²) in [6.07, 6.45) is 2.12. The lowest BCUT2D eigenvalue weighted by Gasteiger charge is -2.37. The first-order chi connectivity index (χ1) is 12.2. The summed E-state index contributed by atoms with van der Waals surface area (Å²) in [6, 6.07) is 21.8. The van der Waals surface area contributed by atoms with Gasteiger partial charge in [0.05, 0.1) is 11.0 Å². The monoisotopic (exact) mass is 333 g/mol. The van der Waals surface area contributed by atoms with Gasteiger partial charge in [0.2, 0.25) is 0 Å². The summed E-state index contributed by atoms with van der Waals surface area (Å²) in [5.74, 6) is 0. The third kappa shape index (κ3) is 3.06. The Morgan fingerprint density at radius 1 is 1.00 bits per heavy atom. The van der Waals surface area contributed by atoms with E-state index in [1.807, 2.05) is 12.1 Å². The van der Waals surface area contributed by atoms with E-state index in [9.17, 15) is 10.1 Å². The van der Waals surface area contributed by atoms with Crippen LogP contribution in [-0.2, 0) is 13.1 Å². The summed E-state index contributed by atoms with van der Waals surface area (Å²) >= 11 is 0. The molecule has 1 aliphatic rings. The van der Waals surface area contributed by atoms with E-state index in [1.54, 1.807) is 18.2 Å². The van der Waals surface area contributed by atoms with E-state index < -0.39 is 0 Å².